The maximum absolute atomic E-state index is 13.7. The van der Waals surface area contributed by atoms with E-state index >= 15 is 0 Å². The van der Waals surface area contributed by atoms with Gasteiger partial charge >= 0.3 is 0 Å². The van der Waals surface area contributed by atoms with Crippen molar-refractivity contribution in [2.45, 2.75) is 20.3 Å². The lowest BCUT2D eigenvalue weighted by atomic mass is 10.0. The van der Waals surface area contributed by atoms with Gasteiger partial charge in [-0.25, -0.2) is 8.78 Å². The third kappa shape index (κ3) is 2.92. The Kier molecular flexibility index (Phi) is 3.70. The molecule has 0 N–H and O–H groups in total. The zero-order valence-corrected chi connectivity index (χ0v) is 10.5. The number of hydrogen-bond acceptors (Lipinski definition) is 1. The van der Waals surface area contributed by atoms with Crippen molar-refractivity contribution in [2.75, 3.05) is 0 Å². The molecule has 0 aliphatic rings. The lowest BCUT2D eigenvalue weighted by Gasteiger charge is -2.07. The molecule has 2 aromatic rings. The zero-order chi connectivity index (χ0) is 13.1. The van der Waals surface area contributed by atoms with Crippen molar-refractivity contribution < 1.29 is 8.78 Å². The lowest BCUT2D eigenvalue weighted by molar-refractivity contribution is 0.585. The summed E-state index contributed by atoms with van der Waals surface area (Å²) in [7, 11) is 0. The molecule has 2 rings (SSSR count). The third-order valence-electron chi connectivity index (χ3n) is 2.68. The van der Waals surface area contributed by atoms with Crippen LogP contribution in [0.4, 0.5) is 8.78 Å². The number of benzene rings is 1. The molecule has 94 valence electrons. The summed E-state index contributed by atoms with van der Waals surface area (Å²) in [6.07, 6.45) is 2.58. The summed E-state index contributed by atoms with van der Waals surface area (Å²) in [6.45, 7) is 4.25. The SMILES string of the molecule is CC(C)Cc1ccnc(-c2ccc(F)cc2F)c1. The van der Waals surface area contributed by atoms with Gasteiger partial charge < -0.3 is 0 Å². The van der Waals surface area contributed by atoms with Gasteiger partial charge in [-0.05, 0) is 42.2 Å². The van der Waals surface area contributed by atoms with E-state index in [1.807, 2.05) is 12.1 Å². The zero-order valence-electron chi connectivity index (χ0n) is 10.5. The van der Waals surface area contributed by atoms with Gasteiger partial charge in [0.1, 0.15) is 11.6 Å². The van der Waals surface area contributed by atoms with E-state index in [1.54, 1.807) is 6.20 Å². The van der Waals surface area contributed by atoms with E-state index in [0.717, 1.165) is 18.1 Å². The first-order valence-corrected chi connectivity index (χ1v) is 5.96. The van der Waals surface area contributed by atoms with Gasteiger partial charge in [-0.3, -0.25) is 4.98 Å². The molecule has 0 aliphatic carbocycles. The molecular formula is C15H15F2N. The number of halogens is 2. The van der Waals surface area contributed by atoms with Crippen molar-refractivity contribution in [3.05, 3.63) is 53.7 Å². The normalized spacial score (nSPS) is 10.9. The fraction of sp³-hybridized carbons (Fsp3) is 0.267. The van der Waals surface area contributed by atoms with Crippen LogP contribution in [-0.4, -0.2) is 4.98 Å². The Bertz CT molecular complexity index is 550. The van der Waals surface area contributed by atoms with Gasteiger partial charge in [0.05, 0.1) is 5.69 Å². The smallest absolute Gasteiger partial charge is 0.135 e. The highest BCUT2D eigenvalue weighted by molar-refractivity contribution is 5.60. The quantitative estimate of drug-likeness (QED) is 0.791. The van der Waals surface area contributed by atoms with Crippen LogP contribution < -0.4 is 0 Å². The van der Waals surface area contributed by atoms with E-state index < -0.39 is 11.6 Å². The van der Waals surface area contributed by atoms with Crippen LogP contribution in [0.25, 0.3) is 11.3 Å². The van der Waals surface area contributed by atoms with Crippen LogP contribution in [0, 0.1) is 17.6 Å². The molecule has 0 saturated heterocycles. The van der Waals surface area contributed by atoms with Crippen molar-refractivity contribution in [1.29, 1.82) is 0 Å². The first kappa shape index (κ1) is 12.7. The Hall–Kier alpha value is -1.77. The van der Waals surface area contributed by atoms with Crippen LogP contribution in [0.2, 0.25) is 0 Å². The highest BCUT2D eigenvalue weighted by Gasteiger charge is 2.08. The Morgan fingerprint density at radius 1 is 1.11 bits per heavy atom. The monoisotopic (exact) mass is 247 g/mol. The largest absolute Gasteiger partial charge is 0.256 e. The first-order valence-electron chi connectivity index (χ1n) is 5.96. The molecule has 3 heteroatoms. The summed E-state index contributed by atoms with van der Waals surface area (Å²) in [6, 6.07) is 7.33. The minimum atomic E-state index is -0.579. The fourth-order valence-corrected chi connectivity index (χ4v) is 1.92. The molecule has 1 nitrogen and oxygen atoms in total. The molecule has 0 unspecified atom stereocenters. The van der Waals surface area contributed by atoms with E-state index in [2.05, 4.69) is 18.8 Å². The van der Waals surface area contributed by atoms with Crippen LogP contribution in [-0.2, 0) is 6.42 Å². The Balaban J connectivity index is 2.38. The van der Waals surface area contributed by atoms with E-state index in [4.69, 9.17) is 0 Å². The van der Waals surface area contributed by atoms with Gasteiger partial charge in [0, 0.05) is 17.8 Å². The maximum atomic E-state index is 13.7. The average molecular weight is 247 g/mol. The molecular weight excluding hydrogens is 232 g/mol. The van der Waals surface area contributed by atoms with Crippen molar-refractivity contribution in [2.24, 2.45) is 5.92 Å². The second-order valence-electron chi connectivity index (χ2n) is 4.77. The van der Waals surface area contributed by atoms with E-state index in [0.29, 0.717) is 17.2 Å². The van der Waals surface area contributed by atoms with Gasteiger partial charge in [0.2, 0.25) is 0 Å². The number of rotatable bonds is 3. The molecule has 0 amide bonds. The highest BCUT2D eigenvalue weighted by atomic mass is 19.1. The Labute approximate surface area is 105 Å². The standard InChI is InChI=1S/C15H15F2N/c1-10(2)7-11-5-6-18-15(8-11)13-4-3-12(16)9-14(13)17/h3-6,8-10H,7H2,1-2H3. The third-order valence-corrected chi connectivity index (χ3v) is 2.68. The van der Waals surface area contributed by atoms with Crippen LogP contribution >= 0.6 is 0 Å². The number of pyridine rings is 1. The second-order valence-corrected chi connectivity index (χ2v) is 4.77. The van der Waals surface area contributed by atoms with Gasteiger partial charge in [-0.2, -0.15) is 0 Å². The summed E-state index contributed by atoms with van der Waals surface area (Å²) in [5.41, 5.74) is 1.99. The molecule has 1 aromatic carbocycles. The van der Waals surface area contributed by atoms with Gasteiger partial charge in [0.25, 0.3) is 0 Å². The van der Waals surface area contributed by atoms with E-state index in [-0.39, 0.29) is 0 Å². The van der Waals surface area contributed by atoms with Crippen LogP contribution in [0.15, 0.2) is 36.5 Å². The molecule has 0 radical (unpaired) electrons. The van der Waals surface area contributed by atoms with Crippen LogP contribution in [0.5, 0.6) is 0 Å². The molecule has 0 aliphatic heterocycles. The van der Waals surface area contributed by atoms with Gasteiger partial charge in [-0.1, -0.05) is 13.8 Å². The van der Waals surface area contributed by atoms with Crippen LogP contribution in [0.3, 0.4) is 0 Å². The summed E-state index contributed by atoms with van der Waals surface area (Å²) in [4.78, 5) is 4.14. The maximum Gasteiger partial charge on any atom is 0.135 e. The van der Waals surface area contributed by atoms with Crippen LogP contribution in [0.1, 0.15) is 19.4 Å². The molecule has 0 fully saturated rings. The summed E-state index contributed by atoms with van der Waals surface area (Å²) in [5, 5.41) is 0. The number of nitrogens with zero attached hydrogens (tertiary/aromatic N) is 1. The minimum absolute atomic E-state index is 0.335. The van der Waals surface area contributed by atoms with E-state index in [1.165, 1.54) is 12.1 Å². The molecule has 1 aromatic heterocycles. The lowest BCUT2D eigenvalue weighted by Crippen LogP contribution is -1.96. The second kappa shape index (κ2) is 5.25. The Morgan fingerprint density at radius 2 is 1.89 bits per heavy atom. The fourth-order valence-electron chi connectivity index (χ4n) is 1.92. The summed E-state index contributed by atoms with van der Waals surface area (Å²) < 4.78 is 26.5. The molecule has 18 heavy (non-hydrogen) atoms. The van der Waals surface area contributed by atoms with Gasteiger partial charge in [-0.15, -0.1) is 0 Å². The highest BCUT2D eigenvalue weighted by Crippen LogP contribution is 2.23. The van der Waals surface area contributed by atoms with Gasteiger partial charge in [0.15, 0.2) is 0 Å². The molecule has 0 bridgehead atoms. The van der Waals surface area contributed by atoms with Crippen molar-refractivity contribution in [3.8, 4) is 11.3 Å². The number of hydrogen-bond donors (Lipinski definition) is 0. The average Bonchev–Trinajstić information content (AvgIpc) is 2.28. The van der Waals surface area contributed by atoms with Crippen molar-refractivity contribution in [1.82, 2.24) is 4.98 Å². The minimum Gasteiger partial charge on any atom is -0.256 e. The van der Waals surface area contributed by atoms with E-state index in [9.17, 15) is 8.78 Å². The van der Waals surface area contributed by atoms with Crippen molar-refractivity contribution >= 4 is 0 Å². The molecule has 0 saturated carbocycles. The predicted molar refractivity (Wildman–Crippen MR) is 68.1 cm³/mol. The molecule has 0 atom stereocenters. The predicted octanol–water partition coefficient (Wildman–Crippen LogP) is 4.23. The molecule has 1 heterocycles. The topological polar surface area (TPSA) is 12.9 Å². The van der Waals surface area contributed by atoms with Crippen molar-refractivity contribution in [3.63, 3.8) is 0 Å². The Morgan fingerprint density at radius 3 is 2.56 bits per heavy atom. The summed E-state index contributed by atoms with van der Waals surface area (Å²) in [5.74, 6) is -0.628. The first-order chi connectivity index (χ1) is 8.56. The summed E-state index contributed by atoms with van der Waals surface area (Å²) >= 11 is 0. The number of aromatic nitrogens is 1. The molecule has 0 spiro atoms.